The molecule has 1 aliphatic heterocycles. The summed E-state index contributed by atoms with van der Waals surface area (Å²) in [5, 5.41) is 10.2. The lowest BCUT2D eigenvalue weighted by Crippen LogP contribution is -2.33. The van der Waals surface area contributed by atoms with Crippen molar-refractivity contribution in [2.45, 2.75) is 19.4 Å². The van der Waals surface area contributed by atoms with Crippen molar-refractivity contribution < 1.29 is 13.9 Å². The smallest absolute Gasteiger partial charge is 0.253 e. The van der Waals surface area contributed by atoms with Gasteiger partial charge in [0.1, 0.15) is 17.7 Å². The number of nitrogens with one attached hydrogen (secondary N) is 2. The number of hydrogen-bond donors (Lipinski definition) is 2. The highest BCUT2D eigenvalue weighted by Gasteiger charge is 2.21. The number of amides is 1. The van der Waals surface area contributed by atoms with Gasteiger partial charge in [0.2, 0.25) is 0 Å². The number of likely N-dealkylation sites (tertiary alicyclic amines) is 1. The van der Waals surface area contributed by atoms with Crippen LogP contribution in [-0.2, 0) is 11.3 Å². The fraction of sp³-hybridized carbons (Fsp3) is 0.381. The number of hydrogen-bond acceptors (Lipinski definition) is 6. The van der Waals surface area contributed by atoms with Gasteiger partial charge in [-0.15, -0.1) is 0 Å². The maximum atomic E-state index is 14.4. The van der Waals surface area contributed by atoms with E-state index in [4.69, 9.17) is 4.74 Å². The number of methoxy groups -OCH3 is 1. The van der Waals surface area contributed by atoms with E-state index >= 15 is 0 Å². The molecule has 0 aliphatic carbocycles. The molecule has 1 saturated heterocycles. The normalized spacial score (nSPS) is 14.3. The van der Waals surface area contributed by atoms with Crippen LogP contribution in [0.3, 0.4) is 0 Å². The van der Waals surface area contributed by atoms with Crippen molar-refractivity contribution in [1.29, 1.82) is 0 Å². The third-order valence-electron chi connectivity index (χ3n) is 5.31. The van der Waals surface area contributed by atoms with Gasteiger partial charge in [0.15, 0.2) is 5.82 Å². The number of fused-ring (bicyclic) bond motifs is 1. The molecule has 0 saturated carbocycles. The highest BCUT2D eigenvalue weighted by atomic mass is 79.9. The second-order valence-electron chi connectivity index (χ2n) is 7.41. The quantitative estimate of drug-likeness (QED) is 0.503. The summed E-state index contributed by atoms with van der Waals surface area (Å²) in [5.74, 6) is -0.234. The molecule has 10 heteroatoms. The summed E-state index contributed by atoms with van der Waals surface area (Å²) in [6.07, 6.45) is 5.44. The Morgan fingerprint density at radius 2 is 2.13 bits per heavy atom. The molecule has 0 unspecified atom stereocenters. The van der Waals surface area contributed by atoms with Crippen molar-refractivity contribution in [3.05, 3.63) is 52.1 Å². The SMILES string of the molecule is COCc1c(C(=O)NCCN2CCCC2)cn2ncnc(Nc3ccc(Br)cc3F)c12. The number of anilines is 2. The molecule has 1 amide bonds. The van der Waals surface area contributed by atoms with Crippen LogP contribution in [0.4, 0.5) is 15.9 Å². The number of benzene rings is 1. The average molecular weight is 491 g/mol. The van der Waals surface area contributed by atoms with Gasteiger partial charge in [-0.25, -0.2) is 13.9 Å². The molecule has 0 atom stereocenters. The fourth-order valence-electron chi connectivity index (χ4n) is 3.80. The molecular weight excluding hydrogens is 467 g/mol. The molecule has 8 nitrogen and oxygen atoms in total. The van der Waals surface area contributed by atoms with E-state index in [1.165, 1.54) is 25.2 Å². The molecule has 0 spiro atoms. The zero-order valence-corrected chi connectivity index (χ0v) is 18.8. The van der Waals surface area contributed by atoms with E-state index in [9.17, 15) is 9.18 Å². The van der Waals surface area contributed by atoms with E-state index < -0.39 is 5.82 Å². The first-order valence-corrected chi connectivity index (χ1v) is 10.9. The predicted octanol–water partition coefficient (Wildman–Crippen LogP) is 3.35. The predicted molar refractivity (Wildman–Crippen MR) is 119 cm³/mol. The lowest BCUT2D eigenvalue weighted by atomic mass is 10.1. The van der Waals surface area contributed by atoms with Gasteiger partial charge in [0.25, 0.3) is 5.91 Å². The fourth-order valence-corrected chi connectivity index (χ4v) is 4.13. The van der Waals surface area contributed by atoms with Gasteiger partial charge in [-0.1, -0.05) is 15.9 Å². The highest BCUT2D eigenvalue weighted by molar-refractivity contribution is 9.10. The Morgan fingerprint density at radius 1 is 1.32 bits per heavy atom. The molecule has 0 radical (unpaired) electrons. The number of carbonyl (C=O) groups is 1. The Bertz CT molecular complexity index is 1080. The van der Waals surface area contributed by atoms with E-state index in [0.717, 1.165) is 19.6 Å². The molecule has 0 bridgehead atoms. The number of carbonyl (C=O) groups excluding carboxylic acids is 1. The van der Waals surface area contributed by atoms with E-state index in [2.05, 4.69) is 41.5 Å². The van der Waals surface area contributed by atoms with Crippen LogP contribution in [0.15, 0.2) is 35.2 Å². The van der Waals surface area contributed by atoms with Crippen LogP contribution in [0.1, 0.15) is 28.8 Å². The number of rotatable bonds is 8. The first-order valence-electron chi connectivity index (χ1n) is 10.1. The van der Waals surface area contributed by atoms with Crippen molar-refractivity contribution in [3.63, 3.8) is 0 Å². The minimum atomic E-state index is -0.425. The molecular formula is C21H24BrFN6O2. The van der Waals surface area contributed by atoms with Gasteiger partial charge in [-0.2, -0.15) is 5.10 Å². The second-order valence-corrected chi connectivity index (χ2v) is 8.33. The molecule has 164 valence electrons. The van der Waals surface area contributed by atoms with Gasteiger partial charge >= 0.3 is 0 Å². The van der Waals surface area contributed by atoms with Crippen molar-refractivity contribution in [1.82, 2.24) is 24.8 Å². The summed E-state index contributed by atoms with van der Waals surface area (Å²) in [5.41, 5.74) is 1.94. The molecule has 2 aromatic heterocycles. The zero-order valence-electron chi connectivity index (χ0n) is 17.2. The van der Waals surface area contributed by atoms with Crippen LogP contribution in [0.25, 0.3) is 5.52 Å². The summed E-state index contributed by atoms with van der Waals surface area (Å²) in [4.78, 5) is 19.5. The van der Waals surface area contributed by atoms with Gasteiger partial charge in [0.05, 0.1) is 17.9 Å². The largest absolute Gasteiger partial charge is 0.380 e. The van der Waals surface area contributed by atoms with Crippen molar-refractivity contribution in [2.75, 3.05) is 38.6 Å². The number of ether oxygens (including phenoxy) is 1. The summed E-state index contributed by atoms with van der Waals surface area (Å²) in [6.45, 7) is 3.75. The number of aromatic nitrogens is 3. The van der Waals surface area contributed by atoms with Gasteiger partial charge in [0, 0.05) is 36.4 Å². The van der Waals surface area contributed by atoms with Crippen molar-refractivity contribution in [3.8, 4) is 0 Å². The Labute approximate surface area is 187 Å². The van der Waals surface area contributed by atoms with Crippen LogP contribution in [0.2, 0.25) is 0 Å². The van der Waals surface area contributed by atoms with E-state index in [-0.39, 0.29) is 18.2 Å². The number of nitrogens with zero attached hydrogens (tertiary/aromatic N) is 4. The van der Waals surface area contributed by atoms with Crippen LogP contribution >= 0.6 is 15.9 Å². The molecule has 31 heavy (non-hydrogen) atoms. The Morgan fingerprint density at radius 3 is 2.87 bits per heavy atom. The summed E-state index contributed by atoms with van der Waals surface area (Å²) in [7, 11) is 1.56. The van der Waals surface area contributed by atoms with Gasteiger partial charge in [-0.3, -0.25) is 4.79 Å². The minimum absolute atomic E-state index is 0.191. The third kappa shape index (κ3) is 4.86. The van der Waals surface area contributed by atoms with E-state index in [1.807, 2.05) is 0 Å². The average Bonchev–Trinajstić information content (AvgIpc) is 3.39. The lowest BCUT2D eigenvalue weighted by molar-refractivity contribution is 0.0945. The van der Waals surface area contributed by atoms with Crippen molar-refractivity contribution in [2.24, 2.45) is 0 Å². The number of halogens is 2. The molecule has 3 heterocycles. The maximum absolute atomic E-state index is 14.4. The van der Waals surface area contributed by atoms with E-state index in [1.54, 1.807) is 30.0 Å². The first kappa shape index (κ1) is 21.7. The molecule has 3 aromatic rings. The minimum Gasteiger partial charge on any atom is -0.380 e. The third-order valence-corrected chi connectivity index (χ3v) is 5.80. The van der Waals surface area contributed by atoms with Gasteiger partial charge in [-0.05, 0) is 44.1 Å². The van der Waals surface area contributed by atoms with Crippen LogP contribution in [0.5, 0.6) is 0 Å². The standard InChI is InChI=1S/C21H24BrFN6O2/c1-31-12-16-15(21(30)24-6-9-28-7-2-3-8-28)11-29-19(16)20(25-13-26-29)27-18-5-4-14(22)10-17(18)23/h4-5,10-11,13H,2-3,6-9,12H2,1H3,(H,24,30)(H,25,26,27). The Hall–Kier alpha value is -2.56. The maximum Gasteiger partial charge on any atom is 0.253 e. The molecule has 1 aromatic carbocycles. The van der Waals surface area contributed by atoms with Gasteiger partial charge < -0.3 is 20.3 Å². The topological polar surface area (TPSA) is 83.8 Å². The second kappa shape index (κ2) is 9.71. The first-order chi connectivity index (χ1) is 15.1. The molecule has 1 fully saturated rings. The molecule has 4 rings (SSSR count). The molecule has 2 N–H and O–H groups in total. The van der Waals surface area contributed by atoms with Crippen LogP contribution < -0.4 is 10.6 Å². The van der Waals surface area contributed by atoms with Crippen LogP contribution in [-0.4, -0.2) is 58.7 Å². The Balaban J connectivity index is 1.61. The summed E-state index contributed by atoms with van der Waals surface area (Å²) < 4.78 is 21.9. The Kier molecular flexibility index (Phi) is 6.79. The summed E-state index contributed by atoms with van der Waals surface area (Å²) >= 11 is 3.25. The molecule has 1 aliphatic rings. The zero-order chi connectivity index (χ0) is 21.8. The lowest BCUT2D eigenvalue weighted by Gasteiger charge is -2.14. The summed E-state index contributed by atoms with van der Waals surface area (Å²) in [6, 6.07) is 4.72. The van der Waals surface area contributed by atoms with Crippen LogP contribution in [0, 0.1) is 5.82 Å². The van der Waals surface area contributed by atoms with E-state index in [0.29, 0.717) is 33.5 Å². The highest BCUT2D eigenvalue weighted by Crippen LogP contribution is 2.28. The van der Waals surface area contributed by atoms with Crippen molar-refractivity contribution >= 4 is 38.9 Å². The monoisotopic (exact) mass is 490 g/mol.